The summed E-state index contributed by atoms with van der Waals surface area (Å²) in [6.45, 7) is 8.55. The summed E-state index contributed by atoms with van der Waals surface area (Å²) in [6, 6.07) is 0. The molecule has 3 saturated carbocycles. The molecule has 1 saturated heterocycles. The van der Waals surface area contributed by atoms with Crippen molar-refractivity contribution in [2.24, 2.45) is 40.4 Å². The third-order valence-corrected chi connectivity index (χ3v) is 11.5. The summed E-state index contributed by atoms with van der Waals surface area (Å²) in [5, 5.41) is 10.8. The number of aliphatic hydroxyl groups excluding tert-OH is 1. The molecule has 0 aromatic heterocycles. The van der Waals surface area contributed by atoms with Gasteiger partial charge in [-0.15, -0.1) is 0 Å². The number of fused-ring (bicyclic) bond motifs is 4. The van der Waals surface area contributed by atoms with Crippen molar-refractivity contribution < 1.29 is 29.0 Å². The molecule has 0 unspecified atom stereocenters. The largest absolute Gasteiger partial charge is 0.458 e. The number of carbonyl (C=O) groups is 3. The van der Waals surface area contributed by atoms with E-state index < -0.39 is 23.1 Å². The molecule has 6 heteroatoms. The SMILES string of the molecule is CC1=C(C=O)C(=O)O[C@@H]([C@@H](C)[C@H]2CC[C@H]3[C@@H]4C[C@H]5O[C@]56[C@@H](O)C=CC(=O)[C@]6(C)[C@H]4CC[C@]23C)C1. The Morgan fingerprint density at radius 2 is 1.94 bits per heavy atom. The zero-order valence-electron chi connectivity index (χ0n) is 20.6. The predicted molar refractivity (Wildman–Crippen MR) is 123 cm³/mol. The molecule has 0 bridgehead atoms. The highest BCUT2D eigenvalue weighted by Crippen LogP contribution is 2.73. The minimum atomic E-state index is -0.727. The zero-order valence-corrected chi connectivity index (χ0v) is 20.6. The number of cyclic esters (lactones) is 1. The van der Waals surface area contributed by atoms with Crippen molar-refractivity contribution in [2.75, 3.05) is 0 Å². The highest BCUT2D eigenvalue weighted by Gasteiger charge is 2.80. The summed E-state index contributed by atoms with van der Waals surface area (Å²) >= 11 is 0. The van der Waals surface area contributed by atoms with E-state index in [1.165, 1.54) is 0 Å². The van der Waals surface area contributed by atoms with Gasteiger partial charge in [0.25, 0.3) is 0 Å². The highest BCUT2D eigenvalue weighted by atomic mass is 16.6. The van der Waals surface area contributed by atoms with Crippen LogP contribution in [-0.2, 0) is 23.9 Å². The number of ether oxygens (including phenoxy) is 2. The fraction of sp³-hybridized carbons (Fsp3) is 0.750. The number of rotatable bonds is 3. The molecule has 6 nitrogen and oxygen atoms in total. The molecule has 2 aliphatic heterocycles. The van der Waals surface area contributed by atoms with Crippen molar-refractivity contribution in [1.29, 1.82) is 0 Å². The van der Waals surface area contributed by atoms with Crippen molar-refractivity contribution in [3.8, 4) is 0 Å². The van der Waals surface area contributed by atoms with Crippen LogP contribution < -0.4 is 0 Å². The molecule has 2 heterocycles. The van der Waals surface area contributed by atoms with Gasteiger partial charge in [-0.1, -0.05) is 19.4 Å². The van der Waals surface area contributed by atoms with Crippen molar-refractivity contribution in [3.63, 3.8) is 0 Å². The molecule has 4 fully saturated rings. The summed E-state index contributed by atoms with van der Waals surface area (Å²) in [6.07, 6.45) is 8.63. The smallest absolute Gasteiger partial charge is 0.341 e. The van der Waals surface area contributed by atoms with Gasteiger partial charge in [0.1, 0.15) is 17.8 Å². The molecule has 184 valence electrons. The topological polar surface area (TPSA) is 93.2 Å². The molecule has 4 aliphatic carbocycles. The maximum atomic E-state index is 13.3. The molecule has 6 aliphatic rings. The first-order chi connectivity index (χ1) is 16.1. The molecule has 1 N–H and O–H groups in total. The van der Waals surface area contributed by atoms with E-state index in [0.717, 1.165) is 37.7 Å². The number of carbonyl (C=O) groups excluding carboxylic acids is 3. The van der Waals surface area contributed by atoms with Gasteiger partial charge in [-0.05, 0) is 93.1 Å². The Bertz CT molecular complexity index is 1030. The van der Waals surface area contributed by atoms with E-state index in [2.05, 4.69) is 20.8 Å². The summed E-state index contributed by atoms with van der Waals surface area (Å²) in [7, 11) is 0. The van der Waals surface area contributed by atoms with E-state index in [1.807, 2.05) is 6.92 Å². The molecule has 0 radical (unpaired) electrons. The highest BCUT2D eigenvalue weighted by molar-refractivity contribution is 6.08. The van der Waals surface area contributed by atoms with Crippen LogP contribution in [0.1, 0.15) is 66.2 Å². The van der Waals surface area contributed by atoms with Gasteiger partial charge in [0, 0.05) is 6.42 Å². The van der Waals surface area contributed by atoms with Crippen molar-refractivity contribution in [1.82, 2.24) is 0 Å². The van der Waals surface area contributed by atoms with Crippen LogP contribution in [0.15, 0.2) is 23.3 Å². The lowest BCUT2D eigenvalue weighted by Crippen LogP contribution is -2.63. The number of ketones is 1. The number of esters is 1. The standard InChI is InChI=1S/C28H36O6/c1-14-11-21(33-25(32)17(14)13-29)15(2)18-5-6-19-16-12-24-28(34-24)23(31)8-7-22(30)27(28,4)20(16)9-10-26(18,19)3/h7-8,13,15-16,18-21,23-24,31H,5-6,9-12H2,1-4H3/t15-,16-,18+,19-,20-,21+,23-,24+,26+,27-,28+/m0/s1. The third-order valence-electron chi connectivity index (χ3n) is 11.5. The Morgan fingerprint density at radius 1 is 1.18 bits per heavy atom. The molecule has 0 aromatic rings. The second kappa shape index (κ2) is 7.13. The van der Waals surface area contributed by atoms with E-state index >= 15 is 0 Å². The van der Waals surface area contributed by atoms with Crippen molar-refractivity contribution in [3.05, 3.63) is 23.3 Å². The first-order valence-corrected chi connectivity index (χ1v) is 13.0. The molecular formula is C28H36O6. The summed E-state index contributed by atoms with van der Waals surface area (Å²) < 4.78 is 12.0. The summed E-state index contributed by atoms with van der Waals surface area (Å²) in [4.78, 5) is 37.0. The maximum absolute atomic E-state index is 13.3. The van der Waals surface area contributed by atoms with Crippen LogP contribution in [-0.4, -0.2) is 47.1 Å². The average Bonchev–Trinajstić information content (AvgIpc) is 3.43. The summed E-state index contributed by atoms with van der Waals surface area (Å²) in [5.74, 6) is 1.38. The number of aliphatic hydroxyl groups is 1. The molecule has 34 heavy (non-hydrogen) atoms. The number of hydrogen-bond donors (Lipinski definition) is 1. The van der Waals surface area contributed by atoms with Crippen LogP contribution in [0.4, 0.5) is 0 Å². The van der Waals surface area contributed by atoms with Crippen LogP contribution in [0.3, 0.4) is 0 Å². The van der Waals surface area contributed by atoms with E-state index in [0.29, 0.717) is 30.5 Å². The minimum absolute atomic E-state index is 0.0460. The van der Waals surface area contributed by atoms with Gasteiger partial charge in [0.15, 0.2) is 12.1 Å². The lowest BCUT2D eigenvalue weighted by Gasteiger charge is -2.58. The fourth-order valence-electron chi connectivity index (χ4n) is 9.62. The predicted octanol–water partition coefficient (Wildman–Crippen LogP) is 3.56. The van der Waals surface area contributed by atoms with Gasteiger partial charge in [0.05, 0.1) is 17.1 Å². The third kappa shape index (κ3) is 2.57. The fourth-order valence-corrected chi connectivity index (χ4v) is 9.62. The zero-order chi connectivity index (χ0) is 24.2. The minimum Gasteiger partial charge on any atom is -0.458 e. The second-order valence-corrected chi connectivity index (χ2v) is 12.4. The van der Waals surface area contributed by atoms with Gasteiger partial charge >= 0.3 is 5.97 Å². The van der Waals surface area contributed by atoms with E-state index in [9.17, 15) is 19.5 Å². The van der Waals surface area contributed by atoms with Crippen LogP contribution in [0, 0.1) is 40.4 Å². The second-order valence-electron chi connectivity index (χ2n) is 12.4. The first kappa shape index (κ1) is 22.7. The molecule has 6 rings (SSSR count). The molecule has 0 amide bonds. The van der Waals surface area contributed by atoms with Crippen molar-refractivity contribution >= 4 is 18.0 Å². The van der Waals surface area contributed by atoms with E-state index in [-0.39, 0.29) is 40.8 Å². The molecule has 0 aromatic carbocycles. The molecule has 11 atom stereocenters. The number of allylic oxidation sites excluding steroid dienone is 1. The van der Waals surface area contributed by atoms with Gasteiger partial charge in [0.2, 0.25) is 0 Å². The molecule has 1 spiro atoms. The lowest BCUT2D eigenvalue weighted by atomic mass is 9.44. The average molecular weight is 469 g/mol. The maximum Gasteiger partial charge on any atom is 0.341 e. The Labute approximate surface area is 201 Å². The Balaban J connectivity index is 1.27. The number of hydrogen-bond acceptors (Lipinski definition) is 6. The van der Waals surface area contributed by atoms with Crippen molar-refractivity contribution in [2.45, 2.75) is 90.1 Å². The Kier molecular flexibility index (Phi) is 4.75. The first-order valence-electron chi connectivity index (χ1n) is 13.0. The Morgan fingerprint density at radius 3 is 2.65 bits per heavy atom. The van der Waals surface area contributed by atoms with Gasteiger partial charge in [-0.2, -0.15) is 0 Å². The van der Waals surface area contributed by atoms with Gasteiger partial charge in [-0.3, -0.25) is 9.59 Å². The van der Waals surface area contributed by atoms with Gasteiger partial charge in [-0.25, -0.2) is 4.79 Å². The quantitative estimate of drug-likeness (QED) is 0.295. The number of aldehydes is 1. The normalized spacial score (nSPS) is 52.2. The monoisotopic (exact) mass is 468 g/mol. The van der Waals surface area contributed by atoms with E-state index in [4.69, 9.17) is 9.47 Å². The van der Waals surface area contributed by atoms with Gasteiger partial charge < -0.3 is 14.6 Å². The summed E-state index contributed by atoms with van der Waals surface area (Å²) in [5.41, 5.74) is -0.263. The van der Waals surface area contributed by atoms with Crippen LogP contribution in [0.2, 0.25) is 0 Å². The lowest BCUT2D eigenvalue weighted by molar-refractivity contribution is -0.155. The van der Waals surface area contributed by atoms with Crippen LogP contribution in [0.25, 0.3) is 0 Å². The number of epoxide rings is 1. The van der Waals surface area contributed by atoms with E-state index in [1.54, 1.807) is 12.2 Å². The molecular weight excluding hydrogens is 432 g/mol. The van der Waals surface area contributed by atoms with Crippen LogP contribution >= 0.6 is 0 Å². The van der Waals surface area contributed by atoms with Crippen LogP contribution in [0.5, 0.6) is 0 Å². The Hall–Kier alpha value is -1.79.